The number of Topliss-reactive ketones (excluding diaryl/α,β-unsaturated/α-hetero) is 1. The number of hydrogen-bond acceptors (Lipinski definition) is 6. The molecule has 0 spiro atoms. The predicted molar refractivity (Wildman–Crippen MR) is 110 cm³/mol. The van der Waals surface area contributed by atoms with Gasteiger partial charge in [0, 0.05) is 18.4 Å². The van der Waals surface area contributed by atoms with Crippen molar-refractivity contribution >= 4 is 11.8 Å². The number of hydrogen-bond donors (Lipinski definition) is 1. The van der Waals surface area contributed by atoms with Crippen molar-refractivity contribution in [1.82, 2.24) is 0 Å². The molecule has 1 unspecified atom stereocenters. The molecule has 0 aromatic heterocycles. The van der Waals surface area contributed by atoms with Crippen LogP contribution < -0.4 is 10.5 Å². The molecule has 1 heterocycles. The minimum absolute atomic E-state index is 0.0264. The van der Waals surface area contributed by atoms with E-state index in [1.807, 2.05) is 6.07 Å². The molecule has 0 radical (unpaired) electrons. The van der Waals surface area contributed by atoms with Crippen LogP contribution in [0, 0.1) is 0 Å². The molecule has 0 fully saturated rings. The Morgan fingerprint density at radius 3 is 2.42 bits per heavy atom. The normalized spacial score (nSPS) is 18.5. The lowest BCUT2D eigenvalue weighted by atomic mass is 9.77. The molecule has 9 heteroatoms. The molecule has 0 bridgehead atoms. The first-order valence-corrected chi connectivity index (χ1v) is 10.2. The SMILES string of the molecule is NC1=C(C(=O)OCc2ccccc2)C(c2ccc(OC(F)(F)F)cc2)C2=C(CCCC2=O)O1. The summed E-state index contributed by atoms with van der Waals surface area (Å²) in [6.45, 7) is -0.0264. The van der Waals surface area contributed by atoms with E-state index in [1.165, 1.54) is 12.1 Å². The maximum atomic E-state index is 13.1. The molecule has 0 amide bonds. The van der Waals surface area contributed by atoms with Crippen LogP contribution in [0.15, 0.2) is 77.4 Å². The molecule has 0 saturated heterocycles. The van der Waals surface area contributed by atoms with E-state index in [0.29, 0.717) is 24.2 Å². The van der Waals surface area contributed by atoms with Gasteiger partial charge in [-0.25, -0.2) is 4.79 Å². The van der Waals surface area contributed by atoms with Crippen LogP contribution in [0.25, 0.3) is 0 Å². The average Bonchev–Trinajstić information content (AvgIpc) is 2.77. The van der Waals surface area contributed by atoms with E-state index in [1.54, 1.807) is 24.3 Å². The summed E-state index contributed by atoms with van der Waals surface area (Å²) in [5, 5.41) is 0. The van der Waals surface area contributed by atoms with Crippen LogP contribution >= 0.6 is 0 Å². The number of carbonyl (C=O) groups is 2. The smallest absolute Gasteiger partial charge is 0.457 e. The highest BCUT2D eigenvalue weighted by molar-refractivity contribution is 6.03. The summed E-state index contributed by atoms with van der Waals surface area (Å²) in [5.74, 6) is -2.16. The Kier molecular flexibility index (Phi) is 6.13. The fourth-order valence-corrected chi connectivity index (χ4v) is 3.95. The largest absolute Gasteiger partial charge is 0.573 e. The Labute approximate surface area is 187 Å². The molecule has 1 atom stereocenters. The lowest BCUT2D eigenvalue weighted by Gasteiger charge is -2.32. The summed E-state index contributed by atoms with van der Waals surface area (Å²) < 4.78 is 52.6. The van der Waals surface area contributed by atoms with E-state index < -0.39 is 24.0 Å². The third-order valence-electron chi connectivity index (χ3n) is 5.36. The number of esters is 1. The van der Waals surface area contributed by atoms with Gasteiger partial charge in [0.2, 0.25) is 5.88 Å². The molecule has 1 aliphatic carbocycles. The van der Waals surface area contributed by atoms with Gasteiger partial charge in [0.1, 0.15) is 23.7 Å². The maximum Gasteiger partial charge on any atom is 0.573 e. The zero-order chi connectivity index (χ0) is 23.6. The van der Waals surface area contributed by atoms with E-state index >= 15 is 0 Å². The van der Waals surface area contributed by atoms with Gasteiger partial charge in [-0.05, 0) is 29.7 Å². The summed E-state index contributed by atoms with van der Waals surface area (Å²) in [6.07, 6.45) is -3.55. The topological polar surface area (TPSA) is 87.9 Å². The van der Waals surface area contributed by atoms with E-state index in [0.717, 1.165) is 17.7 Å². The lowest BCUT2D eigenvalue weighted by Crippen LogP contribution is -2.31. The number of ether oxygens (including phenoxy) is 3. The lowest BCUT2D eigenvalue weighted by molar-refractivity contribution is -0.274. The first kappa shape index (κ1) is 22.4. The van der Waals surface area contributed by atoms with Gasteiger partial charge < -0.3 is 19.9 Å². The van der Waals surface area contributed by atoms with Gasteiger partial charge in [-0.1, -0.05) is 42.5 Å². The van der Waals surface area contributed by atoms with E-state index in [-0.39, 0.29) is 35.8 Å². The van der Waals surface area contributed by atoms with Crippen molar-refractivity contribution in [2.24, 2.45) is 5.73 Å². The molecule has 0 saturated carbocycles. The summed E-state index contributed by atoms with van der Waals surface area (Å²) >= 11 is 0. The van der Waals surface area contributed by atoms with Crippen molar-refractivity contribution in [3.63, 3.8) is 0 Å². The Bertz CT molecular complexity index is 1120. The van der Waals surface area contributed by atoms with E-state index in [4.69, 9.17) is 15.2 Å². The molecule has 2 aromatic rings. The number of ketones is 1. The van der Waals surface area contributed by atoms with Crippen LogP contribution in [0.3, 0.4) is 0 Å². The van der Waals surface area contributed by atoms with Crippen molar-refractivity contribution in [1.29, 1.82) is 0 Å². The van der Waals surface area contributed by atoms with Gasteiger partial charge in [0.25, 0.3) is 0 Å². The van der Waals surface area contributed by atoms with E-state index in [9.17, 15) is 22.8 Å². The third kappa shape index (κ3) is 5.02. The highest BCUT2D eigenvalue weighted by atomic mass is 19.4. The van der Waals surface area contributed by atoms with Crippen LogP contribution in [-0.2, 0) is 25.7 Å². The molecule has 2 N–H and O–H groups in total. The van der Waals surface area contributed by atoms with Gasteiger partial charge >= 0.3 is 12.3 Å². The highest BCUT2D eigenvalue weighted by Gasteiger charge is 2.41. The van der Waals surface area contributed by atoms with Crippen LogP contribution in [0.1, 0.15) is 36.3 Å². The van der Waals surface area contributed by atoms with Gasteiger partial charge in [-0.15, -0.1) is 13.2 Å². The van der Waals surface area contributed by atoms with E-state index in [2.05, 4.69) is 4.74 Å². The Morgan fingerprint density at radius 1 is 1.06 bits per heavy atom. The number of allylic oxidation sites excluding steroid dienone is 2. The third-order valence-corrected chi connectivity index (χ3v) is 5.36. The fraction of sp³-hybridized carbons (Fsp3) is 0.250. The summed E-state index contributed by atoms with van der Waals surface area (Å²) in [6, 6.07) is 13.9. The van der Waals surface area contributed by atoms with Gasteiger partial charge in [0.15, 0.2) is 5.78 Å². The molecule has 6 nitrogen and oxygen atoms in total. The molecule has 2 aliphatic rings. The highest BCUT2D eigenvalue weighted by Crippen LogP contribution is 2.44. The zero-order valence-corrected chi connectivity index (χ0v) is 17.4. The fourth-order valence-electron chi connectivity index (χ4n) is 3.95. The monoisotopic (exact) mass is 459 g/mol. The first-order chi connectivity index (χ1) is 15.7. The number of benzene rings is 2. The van der Waals surface area contributed by atoms with Gasteiger partial charge in [-0.3, -0.25) is 4.79 Å². The molecule has 1 aliphatic heterocycles. The average molecular weight is 459 g/mol. The molecular formula is C24H20F3NO5. The van der Waals surface area contributed by atoms with Crippen molar-refractivity contribution in [3.05, 3.63) is 88.5 Å². The van der Waals surface area contributed by atoms with Crippen molar-refractivity contribution in [2.45, 2.75) is 38.1 Å². The Balaban J connectivity index is 1.68. The maximum absolute atomic E-state index is 13.1. The van der Waals surface area contributed by atoms with Crippen LogP contribution in [0.2, 0.25) is 0 Å². The second-order valence-corrected chi connectivity index (χ2v) is 7.61. The second kappa shape index (κ2) is 9.01. The van der Waals surface area contributed by atoms with Crippen molar-refractivity contribution in [2.75, 3.05) is 0 Å². The molecule has 172 valence electrons. The number of alkyl halides is 3. The van der Waals surface area contributed by atoms with Crippen LogP contribution in [-0.4, -0.2) is 18.1 Å². The minimum Gasteiger partial charge on any atom is -0.457 e. The van der Waals surface area contributed by atoms with Gasteiger partial charge in [-0.2, -0.15) is 0 Å². The van der Waals surface area contributed by atoms with Crippen molar-refractivity contribution < 1.29 is 37.0 Å². The predicted octanol–water partition coefficient (Wildman–Crippen LogP) is 4.62. The number of nitrogens with two attached hydrogens (primary N) is 1. The second-order valence-electron chi connectivity index (χ2n) is 7.61. The summed E-state index contributed by atoms with van der Waals surface area (Å²) in [5.41, 5.74) is 7.43. The van der Waals surface area contributed by atoms with Crippen LogP contribution in [0.5, 0.6) is 5.75 Å². The summed E-state index contributed by atoms with van der Waals surface area (Å²) in [7, 11) is 0. The quantitative estimate of drug-likeness (QED) is 0.657. The standard InChI is InChI=1S/C24H20F3NO5/c25-24(26,27)33-16-11-9-15(10-12-16)19-20-17(29)7-4-8-18(20)32-22(28)21(19)23(30)31-13-14-5-2-1-3-6-14/h1-3,5-6,9-12,19H,4,7-8,13,28H2. The number of rotatable bonds is 5. The number of carbonyl (C=O) groups excluding carboxylic acids is 2. The van der Waals surface area contributed by atoms with Crippen molar-refractivity contribution in [3.8, 4) is 5.75 Å². The molecule has 33 heavy (non-hydrogen) atoms. The zero-order valence-electron chi connectivity index (χ0n) is 17.4. The molecule has 2 aromatic carbocycles. The minimum atomic E-state index is -4.84. The van der Waals surface area contributed by atoms with Gasteiger partial charge in [0.05, 0.1) is 5.92 Å². The molecule has 4 rings (SSSR count). The number of halogens is 3. The molecular weight excluding hydrogens is 439 g/mol. The first-order valence-electron chi connectivity index (χ1n) is 10.2. The Morgan fingerprint density at radius 2 is 1.76 bits per heavy atom. The van der Waals surface area contributed by atoms with Crippen LogP contribution in [0.4, 0.5) is 13.2 Å². The summed E-state index contributed by atoms with van der Waals surface area (Å²) in [4.78, 5) is 25.8. The Hall–Kier alpha value is -3.75.